The highest BCUT2D eigenvalue weighted by molar-refractivity contribution is 6.01. The number of anilines is 1. The van der Waals surface area contributed by atoms with Gasteiger partial charge in [-0.2, -0.15) is 0 Å². The molecule has 1 amide bonds. The van der Waals surface area contributed by atoms with Crippen LogP contribution in [-0.2, 0) is 4.79 Å². The molecule has 1 aromatic carbocycles. The fraction of sp³-hybridized carbons (Fsp3) is 0.333. The lowest BCUT2D eigenvalue weighted by molar-refractivity contribution is -0.141. The standard InChI is InChI=1S/C12H14N2O3/c13-9-5-2-1-4-8(9)11(15)14-7-3-6-10(14)12(16)17/h1-2,4-5,10H,3,6-7,13H2,(H,16,17)/t10-/m1/s1. The third-order valence-corrected chi connectivity index (χ3v) is 2.99. The molecule has 1 aliphatic rings. The number of rotatable bonds is 2. The van der Waals surface area contributed by atoms with Crippen LogP contribution in [0.25, 0.3) is 0 Å². The number of likely N-dealkylation sites (tertiary alicyclic amines) is 1. The van der Waals surface area contributed by atoms with Crippen LogP contribution in [0.3, 0.4) is 0 Å². The smallest absolute Gasteiger partial charge is 0.326 e. The highest BCUT2D eigenvalue weighted by Crippen LogP contribution is 2.22. The van der Waals surface area contributed by atoms with Crippen LogP contribution in [0, 0.1) is 0 Å². The maximum absolute atomic E-state index is 12.2. The zero-order valence-corrected chi connectivity index (χ0v) is 9.30. The van der Waals surface area contributed by atoms with Gasteiger partial charge in [-0.25, -0.2) is 4.79 Å². The molecule has 1 atom stereocenters. The number of benzene rings is 1. The molecular formula is C12H14N2O3. The van der Waals surface area contributed by atoms with Crippen molar-refractivity contribution < 1.29 is 14.7 Å². The Morgan fingerprint density at radius 2 is 2.06 bits per heavy atom. The highest BCUT2D eigenvalue weighted by Gasteiger charge is 2.34. The molecule has 1 saturated heterocycles. The van der Waals surface area contributed by atoms with Crippen LogP contribution >= 0.6 is 0 Å². The van der Waals surface area contributed by atoms with E-state index in [1.165, 1.54) is 4.90 Å². The summed E-state index contributed by atoms with van der Waals surface area (Å²) in [6.45, 7) is 0.476. The zero-order chi connectivity index (χ0) is 12.4. The van der Waals surface area contributed by atoms with Crippen molar-refractivity contribution in [2.24, 2.45) is 0 Å². The normalized spacial score (nSPS) is 19.3. The molecule has 0 unspecified atom stereocenters. The lowest BCUT2D eigenvalue weighted by atomic mass is 10.1. The van der Waals surface area contributed by atoms with E-state index < -0.39 is 12.0 Å². The first kappa shape index (κ1) is 11.4. The number of nitrogens with zero attached hydrogens (tertiary/aromatic N) is 1. The lowest BCUT2D eigenvalue weighted by Gasteiger charge is -2.22. The summed E-state index contributed by atoms with van der Waals surface area (Å²) in [4.78, 5) is 24.6. The van der Waals surface area contributed by atoms with Crippen LogP contribution in [0.4, 0.5) is 5.69 Å². The van der Waals surface area contributed by atoms with Gasteiger partial charge in [0, 0.05) is 12.2 Å². The van der Waals surface area contributed by atoms with Gasteiger partial charge >= 0.3 is 5.97 Å². The Hall–Kier alpha value is -2.04. The molecule has 0 saturated carbocycles. The van der Waals surface area contributed by atoms with Gasteiger partial charge in [0.2, 0.25) is 0 Å². The minimum absolute atomic E-state index is 0.298. The Morgan fingerprint density at radius 3 is 2.71 bits per heavy atom. The number of amides is 1. The van der Waals surface area contributed by atoms with E-state index in [9.17, 15) is 9.59 Å². The SMILES string of the molecule is Nc1ccccc1C(=O)N1CCC[C@@H]1C(=O)O. The molecule has 1 fully saturated rings. The zero-order valence-electron chi connectivity index (χ0n) is 9.30. The molecule has 1 aromatic rings. The van der Waals surface area contributed by atoms with Gasteiger partial charge in [0.05, 0.1) is 5.56 Å². The van der Waals surface area contributed by atoms with Gasteiger partial charge in [0.25, 0.3) is 5.91 Å². The molecule has 1 heterocycles. The van der Waals surface area contributed by atoms with Crippen molar-refractivity contribution >= 4 is 17.6 Å². The predicted octanol–water partition coefficient (Wildman–Crippen LogP) is 0.958. The van der Waals surface area contributed by atoms with E-state index in [-0.39, 0.29) is 5.91 Å². The second-order valence-electron chi connectivity index (χ2n) is 4.08. The summed E-state index contributed by atoms with van der Waals surface area (Å²) in [7, 11) is 0. The fourth-order valence-electron chi connectivity index (χ4n) is 2.11. The molecule has 0 radical (unpaired) electrons. The molecule has 5 nitrogen and oxygen atoms in total. The molecule has 0 aromatic heterocycles. The van der Waals surface area contributed by atoms with Crippen molar-refractivity contribution in [1.29, 1.82) is 0 Å². The average Bonchev–Trinajstić information content (AvgIpc) is 2.77. The number of carboxylic acids is 1. The third-order valence-electron chi connectivity index (χ3n) is 2.99. The van der Waals surface area contributed by atoms with Gasteiger partial charge in [-0.3, -0.25) is 4.79 Å². The number of hydrogen-bond acceptors (Lipinski definition) is 3. The van der Waals surface area contributed by atoms with E-state index in [1.54, 1.807) is 24.3 Å². The largest absolute Gasteiger partial charge is 0.480 e. The topological polar surface area (TPSA) is 83.6 Å². The second-order valence-corrected chi connectivity index (χ2v) is 4.08. The summed E-state index contributed by atoms with van der Waals surface area (Å²) in [6, 6.07) is 6.00. The van der Waals surface area contributed by atoms with Crippen LogP contribution in [0.15, 0.2) is 24.3 Å². The summed E-state index contributed by atoms with van der Waals surface area (Å²) in [5, 5.41) is 9.02. The molecule has 0 bridgehead atoms. The molecule has 2 rings (SSSR count). The fourth-order valence-corrected chi connectivity index (χ4v) is 2.11. The Bertz CT molecular complexity index is 459. The predicted molar refractivity (Wildman–Crippen MR) is 62.5 cm³/mol. The van der Waals surface area contributed by atoms with Crippen molar-refractivity contribution in [2.45, 2.75) is 18.9 Å². The molecule has 17 heavy (non-hydrogen) atoms. The first-order valence-corrected chi connectivity index (χ1v) is 5.49. The number of nitrogen functional groups attached to an aromatic ring is 1. The molecule has 1 aliphatic heterocycles. The average molecular weight is 234 g/mol. The maximum atomic E-state index is 12.2. The van der Waals surface area contributed by atoms with Gasteiger partial charge in [-0.1, -0.05) is 12.1 Å². The van der Waals surface area contributed by atoms with Crippen molar-refractivity contribution in [3.05, 3.63) is 29.8 Å². The second kappa shape index (κ2) is 4.45. The first-order valence-electron chi connectivity index (χ1n) is 5.49. The van der Waals surface area contributed by atoms with Crippen molar-refractivity contribution in [1.82, 2.24) is 4.90 Å². The van der Waals surface area contributed by atoms with Crippen LogP contribution in [0.2, 0.25) is 0 Å². The van der Waals surface area contributed by atoms with Crippen molar-refractivity contribution in [3.63, 3.8) is 0 Å². The molecule has 90 valence electrons. The van der Waals surface area contributed by atoms with E-state index in [0.29, 0.717) is 24.2 Å². The number of para-hydroxylation sites is 1. The summed E-state index contributed by atoms with van der Waals surface area (Å²) in [6.07, 6.45) is 1.23. The van der Waals surface area contributed by atoms with Crippen LogP contribution in [-0.4, -0.2) is 34.5 Å². The Balaban J connectivity index is 2.26. The molecule has 0 spiro atoms. The molecule has 3 N–H and O–H groups in total. The van der Waals surface area contributed by atoms with Gasteiger partial charge < -0.3 is 15.7 Å². The maximum Gasteiger partial charge on any atom is 0.326 e. The molecular weight excluding hydrogens is 220 g/mol. The monoisotopic (exact) mass is 234 g/mol. The van der Waals surface area contributed by atoms with Gasteiger partial charge in [0.1, 0.15) is 6.04 Å². The Labute approximate surface area is 98.8 Å². The van der Waals surface area contributed by atoms with E-state index in [1.807, 2.05) is 0 Å². The van der Waals surface area contributed by atoms with E-state index in [2.05, 4.69) is 0 Å². The quantitative estimate of drug-likeness (QED) is 0.746. The summed E-state index contributed by atoms with van der Waals surface area (Å²) in [5.74, 6) is -1.25. The number of nitrogens with two attached hydrogens (primary N) is 1. The van der Waals surface area contributed by atoms with E-state index in [0.717, 1.165) is 6.42 Å². The van der Waals surface area contributed by atoms with Gasteiger partial charge in [-0.15, -0.1) is 0 Å². The first-order chi connectivity index (χ1) is 8.11. The van der Waals surface area contributed by atoms with Crippen LogP contribution < -0.4 is 5.73 Å². The van der Waals surface area contributed by atoms with Crippen molar-refractivity contribution in [3.8, 4) is 0 Å². The number of carbonyl (C=O) groups excluding carboxylic acids is 1. The summed E-state index contributed by atoms with van der Waals surface area (Å²) < 4.78 is 0. The Morgan fingerprint density at radius 1 is 1.35 bits per heavy atom. The van der Waals surface area contributed by atoms with E-state index >= 15 is 0 Å². The van der Waals surface area contributed by atoms with Crippen LogP contribution in [0.1, 0.15) is 23.2 Å². The van der Waals surface area contributed by atoms with Gasteiger partial charge in [0.15, 0.2) is 0 Å². The lowest BCUT2D eigenvalue weighted by Crippen LogP contribution is -2.40. The number of carbonyl (C=O) groups is 2. The number of hydrogen-bond donors (Lipinski definition) is 2. The molecule has 5 heteroatoms. The minimum Gasteiger partial charge on any atom is -0.480 e. The minimum atomic E-state index is -0.953. The highest BCUT2D eigenvalue weighted by atomic mass is 16.4. The molecule has 0 aliphatic carbocycles. The van der Waals surface area contributed by atoms with Gasteiger partial charge in [-0.05, 0) is 25.0 Å². The van der Waals surface area contributed by atoms with Crippen molar-refractivity contribution in [2.75, 3.05) is 12.3 Å². The number of carboxylic acid groups (broad SMARTS) is 1. The summed E-state index contributed by atoms with van der Waals surface area (Å²) >= 11 is 0. The Kier molecular flexibility index (Phi) is 2.99. The third kappa shape index (κ3) is 2.08. The number of aliphatic carboxylic acids is 1. The summed E-state index contributed by atoms with van der Waals surface area (Å²) in [5.41, 5.74) is 6.47. The van der Waals surface area contributed by atoms with Crippen LogP contribution in [0.5, 0.6) is 0 Å². The van der Waals surface area contributed by atoms with E-state index in [4.69, 9.17) is 10.8 Å².